The summed E-state index contributed by atoms with van der Waals surface area (Å²) in [6, 6.07) is 8.17. The number of benzene rings is 1. The van der Waals surface area contributed by atoms with Crippen LogP contribution in [0.3, 0.4) is 0 Å². The van der Waals surface area contributed by atoms with Gasteiger partial charge >= 0.3 is 0 Å². The number of nitrogens with one attached hydrogen (secondary N) is 2. The quantitative estimate of drug-likeness (QED) is 0.421. The lowest BCUT2D eigenvalue weighted by molar-refractivity contribution is 0.220. The molecule has 3 rings (SSSR count). The Morgan fingerprint density at radius 1 is 1.24 bits per heavy atom. The Labute approximate surface area is 167 Å². The van der Waals surface area contributed by atoms with Crippen LogP contribution < -0.4 is 10.6 Å². The molecule has 2 N–H and O–H groups in total. The molecule has 0 amide bonds. The van der Waals surface area contributed by atoms with Crippen LogP contribution >= 0.6 is 24.0 Å². The Hall–Kier alpha value is -1.28. The molecular formula is C19H29IN4O. The van der Waals surface area contributed by atoms with Gasteiger partial charge in [-0.05, 0) is 51.9 Å². The van der Waals surface area contributed by atoms with Crippen LogP contribution in [0, 0.1) is 12.8 Å². The summed E-state index contributed by atoms with van der Waals surface area (Å²) in [5.41, 5.74) is 2.14. The molecule has 1 aliphatic rings. The van der Waals surface area contributed by atoms with Crippen LogP contribution in [-0.4, -0.2) is 44.6 Å². The first-order chi connectivity index (χ1) is 11.7. The van der Waals surface area contributed by atoms with E-state index in [4.69, 9.17) is 4.42 Å². The molecule has 6 heteroatoms. The van der Waals surface area contributed by atoms with E-state index in [1.54, 1.807) is 0 Å². The number of nitrogens with zero attached hydrogens (tertiary/aromatic N) is 2. The fourth-order valence-electron chi connectivity index (χ4n) is 3.29. The summed E-state index contributed by atoms with van der Waals surface area (Å²) < 4.78 is 5.95. The van der Waals surface area contributed by atoms with E-state index in [1.165, 1.54) is 36.9 Å². The van der Waals surface area contributed by atoms with E-state index in [2.05, 4.69) is 40.6 Å². The van der Waals surface area contributed by atoms with Crippen LogP contribution in [0.2, 0.25) is 0 Å². The summed E-state index contributed by atoms with van der Waals surface area (Å²) in [4.78, 5) is 6.73. The van der Waals surface area contributed by atoms with Crippen LogP contribution in [0.25, 0.3) is 11.0 Å². The number of guanidine groups is 1. The number of fused-ring (bicyclic) bond motifs is 1. The topological polar surface area (TPSA) is 52.8 Å². The minimum Gasteiger partial charge on any atom is -0.459 e. The average molecular weight is 456 g/mol. The zero-order valence-corrected chi connectivity index (χ0v) is 17.7. The molecule has 1 aliphatic heterocycles. The number of furan rings is 1. The fraction of sp³-hybridized carbons (Fsp3) is 0.526. The van der Waals surface area contributed by atoms with Crippen LogP contribution in [0.1, 0.15) is 24.2 Å². The third-order valence-corrected chi connectivity index (χ3v) is 4.98. The number of para-hydroxylation sites is 1. The predicted octanol–water partition coefficient (Wildman–Crippen LogP) is 3.37. The summed E-state index contributed by atoms with van der Waals surface area (Å²) in [5.74, 6) is 2.54. The molecule has 0 aliphatic carbocycles. The van der Waals surface area contributed by atoms with Crippen molar-refractivity contribution in [2.75, 3.05) is 33.7 Å². The number of hydrogen-bond donors (Lipinski definition) is 2. The second kappa shape index (κ2) is 9.43. The largest absolute Gasteiger partial charge is 0.459 e. The van der Waals surface area contributed by atoms with Gasteiger partial charge in [-0.1, -0.05) is 18.2 Å². The van der Waals surface area contributed by atoms with Gasteiger partial charge in [0.15, 0.2) is 5.96 Å². The van der Waals surface area contributed by atoms with Gasteiger partial charge < -0.3 is 20.0 Å². The first-order valence-corrected chi connectivity index (χ1v) is 8.77. The van der Waals surface area contributed by atoms with Crippen molar-refractivity contribution >= 4 is 40.9 Å². The Morgan fingerprint density at radius 3 is 2.64 bits per heavy atom. The zero-order valence-electron chi connectivity index (χ0n) is 15.3. The predicted molar refractivity (Wildman–Crippen MR) is 115 cm³/mol. The molecule has 138 valence electrons. The molecule has 2 aromatic rings. The lowest BCUT2D eigenvalue weighted by Crippen LogP contribution is -2.42. The Kier molecular flexibility index (Phi) is 7.56. The van der Waals surface area contributed by atoms with Gasteiger partial charge in [-0.2, -0.15) is 0 Å². The van der Waals surface area contributed by atoms with Crippen molar-refractivity contribution < 1.29 is 4.42 Å². The summed E-state index contributed by atoms with van der Waals surface area (Å²) in [6.07, 6.45) is 2.51. The van der Waals surface area contributed by atoms with Gasteiger partial charge in [-0.15, -0.1) is 24.0 Å². The van der Waals surface area contributed by atoms with Crippen LogP contribution in [0.5, 0.6) is 0 Å². The number of hydrogen-bond acceptors (Lipinski definition) is 3. The van der Waals surface area contributed by atoms with Crippen molar-refractivity contribution in [3.05, 3.63) is 35.6 Å². The van der Waals surface area contributed by atoms with Crippen molar-refractivity contribution in [1.82, 2.24) is 15.5 Å². The first-order valence-electron chi connectivity index (χ1n) is 8.77. The SMILES string of the molecule is CN=C(NCc1oc2ccccc2c1C)NCC1CCN(C)CC1.I. The molecule has 0 radical (unpaired) electrons. The van der Waals surface area contributed by atoms with Gasteiger partial charge in [0, 0.05) is 24.5 Å². The molecule has 0 spiro atoms. The van der Waals surface area contributed by atoms with Gasteiger partial charge in [0.25, 0.3) is 0 Å². The number of aryl methyl sites for hydroxylation is 1. The molecule has 0 saturated carbocycles. The number of aliphatic imine (C=N–C) groups is 1. The molecule has 0 unspecified atom stereocenters. The number of halogens is 1. The van der Waals surface area contributed by atoms with Crippen molar-refractivity contribution in [2.45, 2.75) is 26.3 Å². The van der Waals surface area contributed by atoms with Crippen molar-refractivity contribution in [3.8, 4) is 0 Å². The van der Waals surface area contributed by atoms with Crippen LogP contribution in [0.15, 0.2) is 33.7 Å². The average Bonchev–Trinajstić information content (AvgIpc) is 2.93. The molecule has 1 aromatic carbocycles. The lowest BCUT2D eigenvalue weighted by atomic mass is 9.97. The molecular weight excluding hydrogens is 427 g/mol. The van der Waals surface area contributed by atoms with Gasteiger partial charge in [0.2, 0.25) is 0 Å². The van der Waals surface area contributed by atoms with E-state index in [-0.39, 0.29) is 24.0 Å². The number of rotatable bonds is 4. The molecule has 1 saturated heterocycles. The molecule has 1 fully saturated rings. The maximum absolute atomic E-state index is 5.95. The number of likely N-dealkylation sites (tertiary alicyclic amines) is 1. The number of piperidine rings is 1. The van der Waals surface area contributed by atoms with Gasteiger partial charge in [0.1, 0.15) is 11.3 Å². The highest BCUT2D eigenvalue weighted by molar-refractivity contribution is 14.0. The third-order valence-electron chi connectivity index (χ3n) is 4.98. The molecule has 0 bridgehead atoms. The van der Waals surface area contributed by atoms with E-state index in [1.807, 2.05) is 25.2 Å². The Bertz CT molecular complexity index is 705. The summed E-state index contributed by atoms with van der Waals surface area (Å²) in [7, 11) is 4.01. The highest BCUT2D eigenvalue weighted by Crippen LogP contribution is 2.24. The van der Waals surface area contributed by atoms with Gasteiger partial charge in [-0.25, -0.2) is 0 Å². The monoisotopic (exact) mass is 456 g/mol. The first kappa shape index (κ1) is 20.0. The van der Waals surface area contributed by atoms with Gasteiger partial charge in [0.05, 0.1) is 6.54 Å². The minimum absolute atomic E-state index is 0. The maximum Gasteiger partial charge on any atom is 0.191 e. The summed E-state index contributed by atoms with van der Waals surface area (Å²) >= 11 is 0. The molecule has 0 atom stereocenters. The highest BCUT2D eigenvalue weighted by Gasteiger charge is 2.17. The lowest BCUT2D eigenvalue weighted by Gasteiger charge is -2.29. The smallest absolute Gasteiger partial charge is 0.191 e. The van der Waals surface area contributed by atoms with Crippen molar-refractivity contribution in [1.29, 1.82) is 0 Å². The minimum atomic E-state index is 0. The second-order valence-corrected chi connectivity index (χ2v) is 6.70. The molecule has 1 aromatic heterocycles. The van der Waals surface area contributed by atoms with Crippen molar-refractivity contribution in [2.24, 2.45) is 10.9 Å². The highest BCUT2D eigenvalue weighted by atomic mass is 127. The second-order valence-electron chi connectivity index (χ2n) is 6.70. The fourth-order valence-corrected chi connectivity index (χ4v) is 3.29. The summed E-state index contributed by atoms with van der Waals surface area (Å²) in [5, 5.41) is 8.01. The normalized spacial score (nSPS) is 16.7. The van der Waals surface area contributed by atoms with E-state index >= 15 is 0 Å². The maximum atomic E-state index is 5.95. The molecule has 25 heavy (non-hydrogen) atoms. The third kappa shape index (κ3) is 5.10. The van der Waals surface area contributed by atoms with E-state index < -0.39 is 0 Å². The van der Waals surface area contributed by atoms with E-state index in [0.29, 0.717) is 6.54 Å². The Balaban J connectivity index is 0.00000225. The van der Waals surface area contributed by atoms with Gasteiger partial charge in [-0.3, -0.25) is 4.99 Å². The molecule has 5 nitrogen and oxygen atoms in total. The van der Waals surface area contributed by atoms with Crippen LogP contribution in [-0.2, 0) is 6.54 Å². The Morgan fingerprint density at radius 2 is 1.96 bits per heavy atom. The van der Waals surface area contributed by atoms with E-state index in [9.17, 15) is 0 Å². The van der Waals surface area contributed by atoms with Crippen molar-refractivity contribution in [3.63, 3.8) is 0 Å². The zero-order chi connectivity index (χ0) is 16.9. The summed E-state index contributed by atoms with van der Waals surface area (Å²) in [6.45, 7) is 6.12. The molecule has 2 heterocycles. The standard InChI is InChI=1S/C19H28N4O.HI/c1-14-16-6-4-5-7-17(16)24-18(14)13-22-19(20-2)21-12-15-8-10-23(3)11-9-15;/h4-7,15H,8-13H2,1-3H3,(H2,20,21,22);1H. The van der Waals surface area contributed by atoms with Crippen LogP contribution in [0.4, 0.5) is 0 Å². The van der Waals surface area contributed by atoms with E-state index in [0.717, 1.165) is 29.8 Å².